The highest BCUT2D eigenvalue weighted by Crippen LogP contribution is 2.34. The molecule has 174 valence electrons. The van der Waals surface area contributed by atoms with Gasteiger partial charge < -0.3 is 14.4 Å². The first-order valence-electron chi connectivity index (χ1n) is 10.8. The molecule has 2 aromatic carbocycles. The molecule has 0 N–H and O–H groups in total. The summed E-state index contributed by atoms with van der Waals surface area (Å²) in [7, 11) is 1.62. The van der Waals surface area contributed by atoms with E-state index in [1.165, 1.54) is 24.3 Å². The Labute approximate surface area is 188 Å². The number of carbonyl (C=O) groups excluding carboxylic acids is 1. The van der Waals surface area contributed by atoms with Gasteiger partial charge in [0.2, 0.25) is 0 Å². The van der Waals surface area contributed by atoms with E-state index in [1.807, 2.05) is 27.7 Å². The number of nitrogens with zero attached hydrogens (tertiary/aromatic N) is 2. The van der Waals surface area contributed by atoms with E-state index >= 15 is 0 Å². The van der Waals surface area contributed by atoms with Crippen LogP contribution in [0.5, 0.6) is 0 Å². The van der Waals surface area contributed by atoms with Crippen molar-refractivity contribution < 1.29 is 23.0 Å². The number of hydrogen-bond acceptors (Lipinski definition) is 4. The summed E-state index contributed by atoms with van der Waals surface area (Å²) in [5.41, 5.74) is 1.18. The van der Waals surface area contributed by atoms with Crippen LogP contribution in [0.25, 0.3) is 0 Å². The summed E-state index contributed by atoms with van der Waals surface area (Å²) < 4.78 is 38.4. The highest BCUT2D eigenvalue weighted by atomic mass is 19.1. The maximum absolute atomic E-state index is 13.6. The Morgan fingerprint density at radius 1 is 1.00 bits per heavy atom. The average molecular weight is 447 g/mol. The minimum atomic E-state index is -0.588. The zero-order valence-corrected chi connectivity index (χ0v) is 19.3. The zero-order chi connectivity index (χ0) is 23.5. The third-order valence-corrected chi connectivity index (χ3v) is 5.57. The van der Waals surface area contributed by atoms with Crippen molar-refractivity contribution in [3.8, 4) is 0 Å². The van der Waals surface area contributed by atoms with Gasteiger partial charge in [0.05, 0.1) is 18.7 Å². The summed E-state index contributed by atoms with van der Waals surface area (Å²) in [4.78, 5) is 16.8. The molecule has 1 amide bonds. The molecule has 7 heteroatoms. The molecule has 2 aromatic rings. The molecule has 0 aliphatic carbocycles. The second kappa shape index (κ2) is 9.96. The van der Waals surface area contributed by atoms with Crippen LogP contribution in [-0.4, -0.2) is 60.4 Å². The molecule has 0 radical (unpaired) electrons. The largest absolute Gasteiger partial charge is 0.444 e. The lowest BCUT2D eigenvalue weighted by Gasteiger charge is -2.48. The summed E-state index contributed by atoms with van der Waals surface area (Å²) in [5.74, 6) is -0.633. The number of benzene rings is 2. The lowest BCUT2D eigenvalue weighted by Crippen LogP contribution is -2.61. The number of amides is 1. The Morgan fingerprint density at radius 2 is 1.50 bits per heavy atom. The fourth-order valence-electron chi connectivity index (χ4n) is 4.16. The van der Waals surface area contributed by atoms with Crippen molar-refractivity contribution in [1.82, 2.24) is 9.80 Å². The van der Waals surface area contributed by atoms with Gasteiger partial charge in [-0.15, -0.1) is 0 Å². The molecule has 0 spiro atoms. The number of halogens is 2. The average Bonchev–Trinajstić information content (AvgIpc) is 2.71. The van der Waals surface area contributed by atoms with Crippen LogP contribution in [0, 0.1) is 11.6 Å². The normalized spacial score (nSPS) is 19.9. The summed E-state index contributed by atoms with van der Waals surface area (Å²) >= 11 is 0. The van der Waals surface area contributed by atoms with Crippen LogP contribution < -0.4 is 0 Å². The number of piperazine rings is 1. The highest BCUT2D eigenvalue weighted by Gasteiger charge is 2.40. The van der Waals surface area contributed by atoms with E-state index in [2.05, 4.69) is 4.90 Å². The van der Waals surface area contributed by atoms with Gasteiger partial charge in [-0.3, -0.25) is 4.90 Å². The third-order valence-electron chi connectivity index (χ3n) is 5.57. The number of carbonyl (C=O) groups is 1. The van der Waals surface area contributed by atoms with Crippen molar-refractivity contribution in [3.05, 3.63) is 71.3 Å². The molecule has 0 saturated carbocycles. The van der Waals surface area contributed by atoms with Crippen LogP contribution in [0.4, 0.5) is 13.6 Å². The number of methoxy groups -OCH3 is 1. The van der Waals surface area contributed by atoms with E-state index in [9.17, 15) is 13.6 Å². The zero-order valence-electron chi connectivity index (χ0n) is 19.3. The third kappa shape index (κ3) is 5.84. The van der Waals surface area contributed by atoms with Gasteiger partial charge in [-0.1, -0.05) is 24.3 Å². The first-order chi connectivity index (χ1) is 15.1. The fraction of sp³-hybridized carbons (Fsp3) is 0.480. The minimum absolute atomic E-state index is 0.124. The van der Waals surface area contributed by atoms with Gasteiger partial charge in [-0.25, -0.2) is 13.6 Å². The van der Waals surface area contributed by atoms with Crippen molar-refractivity contribution >= 4 is 6.09 Å². The van der Waals surface area contributed by atoms with Crippen LogP contribution >= 0.6 is 0 Å². The van der Waals surface area contributed by atoms with Crippen LogP contribution in [-0.2, 0) is 9.47 Å². The maximum Gasteiger partial charge on any atom is 0.410 e. The van der Waals surface area contributed by atoms with Crippen LogP contribution in [0.3, 0.4) is 0 Å². The predicted octanol–water partition coefficient (Wildman–Crippen LogP) is 5.01. The van der Waals surface area contributed by atoms with E-state index in [0.717, 1.165) is 11.1 Å². The second-order valence-electron chi connectivity index (χ2n) is 9.29. The standard InChI is InChI=1S/C25H32F2N2O3/c1-17-14-29(22(16-31-5)15-28(17)24(30)32-25(2,3)4)23(18-6-10-20(26)11-7-18)19-8-12-21(27)13-9-19/h6-13,17,22-23H,14-16H2,1-5H3/t17-,22-/m1/s1. The SMILES string of the molecule is COC[C@H]1CN(C(=O)OC(C)(C)C)[C@H](C)CN1C(c1ccc(F)cc1)c1ccc(F)cc1. The molecular formula is C25H32F2N2O3. The minimum Gasteiger partial charge on any atom is -0.444 e. The number of hydrogen-bond donors (Lipinski definition) is 0. The lowest BCUT2D eigenvalue weighted by atomic mass is 9.93. The van der Waals surface area contributed by atoms with Crippen molar-refractivity contribution in [1.29, 1.82) is 0 Å². The smallest absolute Gasteiger partial charge is 0.410 e. The van der Waals surface area contributed by atoms with E-state index in [0.29, 0.717) is 19.7 Å². The van der Waals surface area contributed by atoms with E-state index in [4.69, 9.17) is 9.47 Å². The van der Waals surface area contributed by atoms with Gasteiger partial charge in [0, 0.05) is 26.2 Å². The molecule has 1 saturated heterocycles. The Kier molecular flexibility index (Phi) is 7.51. The Bertz CT molecular complexity index is 851. The Morgan fingerprint density at radius 3 is 1.94 bits per heavy atom. The van der Waals surface area contributed by atoms with Gasteiger partial charge in [0.15, 0.2) is 0 Å². The van der Waals surface area contributed by atoms with Crippen LogP contribution in [0.2, 0.25) is 0 Å². The molecule has 2 atom stereocenters. The summed E-state index contributed by atoms with van der Waals surface area (Å²) in [5, 5.41) is 0. The molecular weight excluding hydrogens is 414 g/mol. The lowest BCUT2D eigenvalue weighted by molar-refractivity contribution is -0.0347. The van der Waals surface area contributed by atoms with Gasteiger partial charge >= 0.3 is 6.09 Å². The predicted molar refractivity (Wildman–Crippen MR) is 119 cm³/mol. The molecule has 5 nitrogen and oxygen atoms in total. The van der Waals surface area contributed by atoms with Crippen molar-refractivity contribution in [2.24, 2.45) is 0 Å². The first kappa shape index (κ1) is 24.1. The number of ether oxygens (including phenoxy) is 2. The molecule has 3 rings (SSSR count). The monoisotopic (exact) mass is 446 g/mol. The highest BCUT2D eigenvalue weighted by molar-refractivity contribution is 5.68. The maximum atomic E-state index is 13.6. The fourth-order valence-corrected chi connectivity index (χ4v) is 4.16. The van der Waals surface area contributed by atoms with Gasteiger partial charge in [-0.2, -0.15) is 0 Å². The molecule has 1 heterocycles. The van der Waals surface area contributed by atoms with Crippen LogP contribution in [0.15, 0.2) is 48.5 Å². The molecule has 1 aliphatic heterocycles. The Balaban J connectivity index is 1.96. The topological polar surface area (TPSA) is 42.0 Å². The number of rotatable bonds is 5. The van der Waals surface area contributed by atoms with Crippen LogP contribution in [0.1, 0.15) is 44.9 Å². The van der Waals surface area contributed by atoms with E-state index in [1.54, 1.807) is 36.3 Å². The summed E-state index contributed by atoms with van der Waals surface area (Å²) in [6.45, 7) is 8.87. The van der Waals surface area contributed by atoms with E-state index in [-0.39, 0.29) is 35.9 Å². The quantitative estimate of drug-likeness (QED) is 0.648. The summed E-state index contributed by atoms with van der Waals surface area (Å²) in [6, 6.07) is 12.2. The molecule has 0 bridgehead atoms. The molecule has 0 aromatic heterocycles. The van der Waals surface area contributed by atoms with Gasteiger partial charge in [0.25, 0.3) is 0 Å². The van der Waals surface area contributed by atoms with Crippen molar-refractivity contribution in [3.63, 3.8) is 0 Å². The first-order valence-corrected chi connectivity index (χ1v) is 10.8. The van der Waals surface area contributed by atoms with Crippen molar-refractivity contribution in [2.75, 3.05) is 26.8 Å². The molecule has 32 heavy (non-hydrogen) atoms. The summed E-state index contributed by atoms with van der Waals surface area (Å²) in [6.07, 6.45) is -0.356. The van der Waals surface area contributed by atoms with E-state index < -0.39 is 5.60 Å². The molecule has 1 fully saturated rings. The molecule has 1 aliphatic rings. The van der Waals surface area contributed by atoms with Gasteiger partial charge in [0.1, 0.15) is 17.2 Å². The Hall–Kier alpha value is -2.51. The van der Waals surface area contributed by atoms with Crippen molar-refractivity contribution in [2.45, 2.75) is 51.4 Å². The molecule has 0 unspecified atom stereocenters. The van der Waals surface area contributed by atoms with Gasteiger partial charge in [-0.05, 0) is 63.1 Å². The second-order valence-corrected chi connectivity index (χ2v) is 9.29.